The summed E-state index contributed by atoms with van der Waals surface area (Å²) in [5.41, 5.74) is 2.31. The summed E-state index contributed by atoms with van der Waals surface area (Å²) in [6.07, 6.45) is 6.55. The number of nitrogens with one attached hydrogen (secondary N) is 2. The fraction of sp³-hybridized carbons (Fsp3) is 0.222. The molecule has 0 amide bonds. The van der Waals surface area contributed by atoms with E-state index in [1.807, 2.05) is 29.2 Å². The molecule has 5 nitrogen and oxygen atoms in total. The van der Waals surface area contributed by atoms with E-state index >= 15 is 0 Å². The van der Waals surface area contributed by atoms with Crippen molar-refractivity contribution in [1.29, 1.82) is 0 Å². The standard InChI is InChI=1S/C18H21N5S/c1-19-18(21-9-8-16-6-4-12-24-16)22-13-15-5-2-3-7-17(15)23-11-10-20-14-23/h2-7,10-12,14H,8-9,13H2,1H3,(H2,19,21,22). The van der Waals surface area contributed by atoms with Gasteiger partial charge >= 0.3 is 0 Å². The predicted octanol–water partition coefficient (Wildman–Crippen LogP) is 2.84. The van der Waals surface area contributed by atoms with Crippen LogP contribution in [0.5, 0.6) is 0 Å². The molecule has 0 aliphatic heterocycles. The number of benzene rings is 1. The summed E-state index contributed by atoms with van der Waals surface area (Å²) in [7, 11) is 1.79. The zero-order valence-corrected chi connectivity index (χ0v) is 14.5. The lowest BCUT2D eigenvalue weighted by atomic mass is 10.1. The minimum absolute atomic E-state index is 0.701. The first kappa shape index (κ1) is 16.3. The maximum atomic E-state index is 4.29. The number of guanidine groups is 1. The van der Waals surface area contributed by atoms with Crippen LogP contribution in [-0.2, 0) is 13.0 Å². The Morgan fingerprint density at radius 2 is 2.12 bits per heavy atom. The van der Waals surface area contributed by atoms with Gasteiger partial charge in [0.05, 0.1) is 12.0 Å². The molecule has 0 spiro atoms. The summed E-state index contributed by atoms with van der Waals surface area (Å²) in [6.45, 7) is 1.57. The fourth-order valence-corrected chi connectivity index (χ4v) is 3.18. The van der Waals surface area contributed by atoms with Gasteiger partial charge in [-0.25, -0.2) is 4.98 Å². The van der Waals surface area contributed by atoms with Gasteiger partial charge in [-0.3, -0.25) is 4.99 Å². The van der Waals surface area contributed by atoms with Gasteiger partial charge in [-0.1, -0.05) is 24.3 Å². The van der Waals surface area contributed by atoms with Crippen LogP contribution in [-0.4, -0.2) is 29.1 Å². The highest BCUT2D eigenvalue weighted by Crippen LogP contribution is 2.13. The smallest absolute Gasteiger partial charge is 0.191 e. The molecule has 124 valence electrons. The molecule has 0 atom stereocenters. The van der Waals surface area contributed by atoms with Gasteiger partial charge in [-0.2, -0.15) is 0 Å². The number of para-hydroxylation sites is 1. The number of hydrogen-bond donors (Lipinski definition) is 2. The fourth-order valence-electron chi connectivity index (χ4n) is 2.47. The Balaban J connectivity index is 1.56. The first-order valence-electron chi connectivity index (χ1n) is 7.90. The minimum atomic E-state index is 0.701. The Morgan fingerprint density at radius 1 is 1.21 bits per heavy atom. The van der Waals surface area contributed by atoms with Crippen LogP contribution in [0.1, 0.15) is 10.4 Å². The SMILES string of the molecule is CN=C(NCCc1cccs1)NCc1ccccc1-n1ccnc1. The van der Waals surface area contributed by atoms with Crippen molar-refractivity contribution in [2.75, 3.05) is 13.6 Å². The summed E-state index contributed by atoms with van der Waals surface area (Å²) >= 11 is 1.78. The van der Waals surface area contributed by atoms with E-state index in [1.54, 1.807) is 24.6 Å². The third-order valence-electron chi connectivity index (χ3n) is 3.69. The van der Waals surface area contributed by atoms with Crippen molar-refractivity contribution in [3.8, 4) is 5.69 Å². The molecule has 2 aromatic heterocycles. The number of aliphatic imine (C=N–C) groups is 1. The van der Waals surface area contributed by atoms with Crippen molar-refractivity contribution >= 4 is 17.3 Å². The minimum Gasteiger partial charge on any atom is -0.356 e. The first-order valence-corrected chi connectivity index (χ1v) is 8.78. The van der Waals surface area contributed by atoms with Gasteiger partial charge in [0.2, 0.25) is 0 Å². The molecule has 0 unspecified atom stereocenters. The third-order valence-corrected chi connectivity index (χ3v) is 4.62. The van der Waals surface area contributed by atoms with Crippen molar-refractivity contribution in [2.24, 2.45) is 4.99 Å². The summed E-state index contributed by atoms with van der Waals surface area (Å²) in [5.74, 6) is 0.812. The number of nitrogens with zero attached hydrogens (tertiary/aromatic N) is 3. The van der Waals surface area contributed by atoms with Crippen LogP contribution in [0.2, 0.25) is 0 Å². The van der Waals surface area contributed by atoms with Gasteiger partial charge in [-0.05, 0) is 29.5 Å². The molecule has 0 bridgehead atoms. The molecule has 0 fully saturated rings. The van der Waals surface area contributed by atoms with Crippen LogP contribution in [0.15, 0.2) is 65.5 Å². The molecular formula is C18H21N5S. The molecule has 1 aromatic carbocycles. The number of hydrogen-bond acceptors (Lipinski definition) is 3. The molecule has 6 heteroatoms. The highest BCUT2D eigenvalue weighted by Gasteiger charge is 2.05. The van der Waals surface area contributed by atoms with Crippen LogP contribution >= 0.6 is 11.3 Å². The van der Waals surface area contributed by atoms with Gasteiger partial charge in [-0.15, -0.1) is 11.3 Å². The number of imidazole rings is 1. The van der Waals surface area contributed by atoms with Crippen LogP contribution in [0.4, 0.5) is 0 Å². The highest BCUT2D eigenvalue weighted by molar-refractivity contribution is 7.09. The number of thiophene rings is 1. The second kappa shape index (κ2) is 8.31. The average molecular weight is 339 g/mol. The molecule has 0 saturated heterocycles. The molecule has 0 radical (unpaired) electrons. The third kappa shape index (κ3) is 4.23. The van der Waals surface area contributed by atoms with Crippen LogP contribution in [0, 0.1) is 0 Å². The molecule has 3 aromatic rings. The molecule has 3 rings (SSSR count). The Bertz CT molecular complexity index is 763. The maximum Gasteiger partial charge on any atom is 0.191 e. The Hall–Kier alpha value is -2.60. The molecule has 0 aliphatic carbocycles. The lowest BCUT2D eigenvalue weighted by Crippen LogP contribution is -2.38. The van der Waals surface area contributed by atoms with Gasteiger partial charge in [0, 0.05) is 37.4 Å². The average Bonchev–Trinajstić information content (AvgIpc) is 3.32. The van der Waals surface area contributed by atoms with E-state index in [0.29, 0.717) is 6.54 Å². The second-order valence-corrected chi connectivity index (χ2v) is 6.31. The monoisotopic (exact) mass is 339 g/mol. The molecule has 24 heavy (non-hydrogen) atoms. The Labute approximate surface area is 146 Å². The summed E-state index contributed by atoms with van der Waals surface area (Å²) < 4.78 is 2.02. The predicted molar refractivity (Wildman–Crippen MR) is 99.8 cm³/mol. The van der Waals surface area contributed by atoms with E-state index < -0.39 is 0 Å². The summed E-state index contributed by atoms with van der Waals surface area (Å²) in [4.78, 5) is 9.79. The number of rotatable bonds is 6. The van der Waals surface area contributed by atoms with Crippen LogP contribution in [0.25, 0.3) is 5.69 Å². The largest absolute Gasteiger partial charge is 0.356 e. The van der Waals surface area contributed by atoms with Crippen molar-refractivity contribution < 1.29 is 0 Å². The van der Waals surface area contributed by atoms with Gasteiger partial charge in [0.15, 0.2) is 5.96 Å². The van der Waals surface area contributed by atoms with E-state index in [0.717, 1.165) is 24.6 Å². The van der Waals surface area contributed by atoms with Crippen molar-refractivity contribution in [2.45, 2.75) is 13.0 Å². The summed E-state index contributed by atoms with van der Waals surface area (Å²) in [5, 5.41) is 8.84. The Morgan fingerprint density at radius 3 is 2.88 bits per heavy atom. The quantitative estimate of drug-likeness (QED) is 0.536. The van der Waals surface area contributed by atoms with Crippen molar-refractivity contribution in [1.82, 2.24) is 20.2 Å². The lowest BCUT2D eigenvalue weighted by molar-refractivity contribution is 0.795. The zero-order chi connectivity index (χ0) is 16.6. The highest BCUT2D eigenvalue weighted by atomic mass is 32.1. The van der Waals surface area contributed by atoms with E-state index in [2.05, 4.69) is 50.3 Å². The normalized spacial score (nSPS) is 11.5. The van der Waals surface area contributed by atoms with Crippen molar-refractivity contribution in [3.05, 3.63) is 70.9 Å². The van der Waals surface area contributed by atoms with Gasteiger partial charge < -0.3 is 15.2 Å². The Kier molecular flexibility index (Phi) is 5.63. The maximum absolute atomic E-state index is 4.29. The lowest BCUT2D eigenvalue weighted by Gasteiger charge is -2.14. The summed E-state index contributed by atoms with van der Waals surface area (Å²) in [6, 6.07) is 12.5. The molecule has 2 N–H and O–H groups in total. The molecular weight excluding hydrogens is 318 g/mol. The van der Waals surface area contributed by atoms with Crippen LogP contribution < -0.4 is 10.6 Å². The van der Waals surface area contributed by atoms with E-state index in [4.69, 9.17) is 0 Å². The van der Waals surface area contributed by atoms with E-state index in [9.17, 15) is 0 Å². The molecule has 0 saturated carbocycles. The van der Waals surface area contributed by atoms with E-state index in [-0.39, 0.29) is 0 Å². The van der Waals surface area contributed by atoms with Crippen molar-refractivity contribution in [3.63, 3.8) is 0 Å². The molecule has 0 aliphatic rings. The zero-order valence-electron chi connectivity index (χ0n) is 13.6. The van der Waals surface area contributed by atoms with E-state index in [1.165, 1.54) is 10.4 Å². The first-order chi connectivity index (χ1) is 11.9. The molecule has 2 heterocycles. The second-order valence-electron chi connectivity index (χ2n) is 5.28. The van der Waals surface area contributed by atoms with Crippen LogP contribution in [0.3, 0.4) is 0 Å². The topological polar surface area (TPSA) is 54.2 Å². The van der Waals surface area contributed by atoms with Gasteiger partial charge in [0.1, 0.15) is 0 Å². The number of aromatic nitrogens is 2. The van der Waals surface area contributed by atoms with Gasteiger partial charge in [0.25, 0.3) is 0 Å².